The third kappa shape index (κ3) is 3.43. The number of nitrogens with one attached hydrogen (secondary N) is 1. The molecule has 2 aromatic rings. The Morgan fingerprint density at radius 3 is 2.81 bits per heavy atom. The lowest BCUT2D eigenvalue weighted by Gasteiger charge is -2.08. The first-order chi connectivity index (χ1) is 9.88. The molecule has 1 heterocycles. The first kappa shape index (κ1) is 15.1. The smallest absolute Gasteiger partial charge is 0.332 e. The molecule has 0 saturated carbocycles. The van der Waals surface area contributed by atoms with Crippen LogP contribution in [0, 0.1) is 22.9 Å². The van der Waals surface area contributed by atoms with E-state index in [0.29, 0.717) is 10.0 Å². The van der Waals surface area contributed by atoms with Gasteiger partial charge in [0.2, 0.25) is 5.82 Å². The number of nitro groups is 1. The quantitative estimate of drug-likeness (QED) is 0.645. The number of aryl methyl sites for hydroxylation is 1. The fourth-order valence-corrected chi connectivity index (χ4v) is 2.07. The van der Waals surface area contributed by atoms with Crippen molar-refractivity contribution >= 4 is 27.4 Å². The highest BCUT2D eigenvalue weighted by Gasteiger charge is 2.22. The summed E-state index contributed by atoms with van der Waals surface area (Å²) >= 11 is 3.14. The largest absolute Gasteiger partial charge is 0.479 e. The summed E-state index contributed by atoms with van der Waals surface area (Å²) in [6.45, 7) is 1.36. The van der Waals surface area contributed by atoms with Crippen molar-refractivity contribution in [2.75, 3.05) is 5.32 Å². The highest BCUT2D eigenvalue weighted by Crippen LogP contribution is 2.27. The van der Waals surface area contributed by atoms with Crippen LogP contribution in [0.4, 0.5) is 15.9 Å². The average molecular weight is 357 g/mol. The van der Waals surface area contributed by atoms with Gasteiger partial charge in [-0.25, -0.2) is 4.39 Å². The van der Waals surface area contributed by atoms with Gasteiger partial charge in [0.25, 0.3) is 0 Å². The molecule has 0 saturated heterocycles. The fourth-order valence-electron chi connectivity index (χ4n) is 1.74. The van der Waals surface area contributed by atoms with E-state index in [0.717, 1.165) is 0 Å². The zero-order valence-electron chi connectivity index (χ0n) is 10.8. The number of aromatic hydroxyl groups is 1. The molecule has 0 amide bonds. The third-order valence-corrected chi connectivity index (χ3v) is 3.18. The lowest BCUT2D eigenvalue weighted by atomic mass is 10.2. The van der Waals surface area contributed by atoms with Gasteiger partial charge < -0.3 is 10.4 Å². The van der Waals surface area contributed by atoms with Gasteiger partial charge in [0.15, 0.2) is 0 Å². The van der Waals surface area contributed by atoms with Gasteiger partial charge in [0.05, 0.1) is 4.92 Å². The van der Waals surface area contributed by atoms with E-state index in [1.54, 1.807) is 6.07 Å². The molecular formula is C12H10BrFN4O3. The van der Waals surface area contributed by atoms with Crippen LogP contribution in [0.25, 0.3) is 0 Å². The lowest BCUT2D eigenvalue weighted by Crippen LogP contribution is -2.08. The molecule has 0 bridgehead atoms. The van der Waals surface area contributed by atoms with Crippen molar-refractivity contribution in [3.05, 3.63) is 49.9 Å². The Morgan fingerprint density at radius 1 is 1.48 bits per heavy atom. The predicted molar refractivity (Wildman–Crippen MR) is 76.5 cm³/mol. The van der Waals surface area contributed by atoms with E-state index >= 15 is 0 Å². The number of benzene rings is 1. The number of aromatic nitrogens is 2. The molecule has 0 aliphatic heterocycles. The van der Waals surface area contributed by atoms with Gasteiger partial charge >= 0.3 is 11.7 Å². The van der Waals surface area contributed by atoms with Crippen LogP contribution in [0.1, 0.15) is 11.3 Å². The van der Waals surface area contributed by atoms with Crippen molar-refractivity contribution in [3.8, 4) is 6.01 Å². The Labute approximate surface area is 127 Å². The summed E-state index contributed by atoms with van der Waals surface area (Å²) in [6.07, 6.45) is 0. The maximum atomic E-state index is 13.7. The Morgan fingerprint density at radius 2 is 2.19 bits per heavy atom. The second-order valence-corrected chi connectivity index (χ2v) is 5.07. The number of anilines is 1. The third-order valence-electron chi connectivity index (χ3n) is 2.69. The summed E-state index contributed by atoms with van der Waals surface area (Å²) < 4.78 is 14.3. The summed E-state index contributed by atoms with van der Waals surface area (Å²) in [5.74, 6) is -0.623. The predicted octanol–water partition coefficient (Wildman–Crippen LogP) is 2.91. The zero-order chi connectivity index (χ0) is 15.6. The van der Waals surface area contributed by atoms with E-state index in [9.17, 15) is 19.6 Å². The highest BCUT2D eigenvalue weighted by molar-refractivity contribution is 9.10. The Hall–Kier alpha value is -2.29. The van der Waals surface area contributed by atoms with Crippen molar-refractivity contribution in [3.63, 3.8) is 0 Å². The van der Waals surface area contributed by atoms with Crippen LogP contribution in [0.3, 0.4) is 0 Å². The molecule has 1 aromatic heterocycles. The van der Waals surface area contributed by atoms with Gasteiger partial charge in [0, 0.05) is 16.6 Å². The molecule has 110 valence electrons. The molecule has 0 spiro atoms. The molecule has 0 aliphatic carbocycles. The van der Waals surface area contributed by atoms with Crippen LogP contribution >= 0.6 is 15.9 Å². The minimum Gasteiger partial charge on any atom is -0.479 e. The zero-order valence-corrected chi connectivity index (χ0v) is 12.4. The van der Waals surface area contributed by atoms with Crippen molar-refractivity contribution in [1.29, 1.82) is 0 Å². The van der Waals surface area contributed by atoms with E-state index < -0.39 is 16.8 Å². The lowest BCUT2D eigenvalue weighted by molar-refractivity contribution is -0.385. The summed E-state index contributed by atoms with van der Waals surface area (Å²) in [5, 5.41) is 23.0. The first-order valence-corrected chi connectivity index (χ1v) is 6.57. The minimum absolute atomic E-state index is 0.0180. The Bertz CT molecular complexity index is 711. The van der Waals surface area contributed by atoms with Crippen molar-refractivity contribution in [2.45, 2.75) is 13.5 Å². The Balaban J connectivity index is 2.29. The van der Waals surface area contributed by atoms with E-state index in [2.05, 4.69) is 31.2 Å². The van der Waals surface area contributed by atoms with Crippen molar-refractivity contribution < 1.29 is 14.4 Å². The summed E-state index contributed by atoms with van der Waals surface area (Å²) in [6, 6.07) is 3.88. The molecular weight excluding hydrogens is 347 g/mol. The maximum Gasteiger partial charge on any atom is 0.332 e. The van der Waals surface area contributed by atoms with Crippen molar-refractivity contribution in [2.24, 2.45) is 0 Å². The van der Waals surface area contributed by atoms with Gasteiger partial charge in [0.1, 0.15) is 11.5 Å². The van der Waals surface area contributed by atoms with Crippen molar-refractivity contribution in [1.82, 2.24) is 9.97 Å². The fraction of sp³-hybridized carbons (Fsp3) is 0.167. The van der Waals surface area contributed by atoms with Crippen LogP contribution in [-0.2, 0) is 6.54 Å². The highest BCUT2D eigenvalue weighted by atomic mass is 79.9. The second-order valence-electron chi connectivity index (χ2n) is 4.15. The van der Waals surface area contributed by atoms with Gasteiger partial charge in [-0.3, -0.25) is 10.1 Å². The molecule has 0 aliphatic rings. The van der Waals surface area contributed by atoms with E-state index in [-0.39, 0.29) is 23.7 Å². The van der Waals surface area contributed by atoms with Crippen LogP contribution in [-0.4, -0.2) is 20.0 Å². The normalized spacial score (nSPS) is 10.4. The SMILES string of the molecule is Cc1nc(O)nc(NCc2ccc(Br)cc2F)c1[N+](=O)[O-]. The number of hydrogen-bond donors (Lipinski definition) is 2. The molecule has 0 unspecified atom stereocenters. The molecule has 2 rings (SSSR count). The molecule has 2 N–H and O–H groups in total. The first-order valence-electron chi connectivity index (χ1n) is 5.78. The minimum atomic E-state index is -0.658. The Kier molecular flexibility index (Phi) is 4.32. The van der Waals surface area contributed by atoms with Gasteiger partial charge in [-0.05, 0) is 19.1 Å². The molecule has 21 heavy (non-hydrogen) atoms. The van der Waals surface area contributed by atoms with Crippen LogP contribution in [0.15, 0.2) is 22.7 Å². The van der Waals surface area contributed by atoms with Gasteiger partial charge in [-0.1, -0.05) is 22.0 Å². The number of halogens is 2. The number of rotatable bonds is 4. The topological polar surface area (TPSA) is 101 Å². The number of nitrogens with zero attached hydrogens (tertiary/aromatic N) is 3. The molecule has 0 radical (unpaired) electrons. The van der Waals surface area contributed by atoms with E-state index in [1.807, 2.05) is 0 Å². The molecule has 1 aromatic carbocycles. The summed E-state index contributed by atoms with van der Waals surface area (Å²) in [5.41, 5.74) is -0.0279. The summed E-state index contributed by atoms with van der Waals surface area (Å²) in [4.78, 5) is 17.4. The molecule has 7 nitrogen and oxygen atoms in total. The number of hydrogen-bond acceptors (Lipinski definition) is 6. The van der Waals surface area contributed by atoms with Gasteiger partial charge in [-0.15, -0.1) is 0 Å². The van der Waals surface area contributed by atoms with Crippen LogP contribution in [0.2, 0.25) is 0 Å². The monoisotopic (exact) mass is 356 g/mol. The van der Waals surface area contributed by atoms with Crippen LogP contribution < -0.4 is 5.32 Å². The standard InChI is InChI=1S/C12H10BrFN4O3/c1-6-10(18(20)21)11(17-12(19)16-6)15-5-7-2-3-8(13)4-9(7)14/h2-4H,5H2,1H3,(H2,15,16,17,19). The second kappa shape index (κ2) is 6.00. The molecule has 0 fully saturated rings. The maximum absolute atomic E-state index is 13.7. The molecule has 9 heteroatoms. The van der Waals surface area contributed by atoms with E-state index in [1.165, 1.54) is 19.1 Å². The summed E-state index contributed by atoms with van der Waals surface area (Å²) in [7, 11) is 0. The van der Waals surface area contributed by atoms with Crippen LogP contribution in [0.5, 0.6) is 6.01 Å². The van der Waals surface area contributed by atoms with E-state index in [4.69, 9.17) is 0 Å². The van der Waals surface area contributed by atoms with Gasteiger partial charge in [-0.2, -0.15) is 9.97 Å². The average Bonchev–Trinajstić information content (AvgIpc) is 2.36. The molecule has 0 atom stereocenters.